The lowest BCUT2D eigenvalue weighted by molar-refractivity contribution is -0.141. The van der Waals surface area contributed by atoms with E-state index in [9.17, 15) is 22.4 Å². The normalized spacial score (nSPS) is 25.3. The smallest absolute Gasteiger partial charge is 0.324 e. The van der Waals surface area contributed by atoms with Crippen molar-refractivity contribution < 1.29 is 22.4 Å². The van der Waals surface area contributed by atoms with Gasteiger partial charge >= 0.3 is 6.18 Å². The second-order valence-corrected chi connectivity index (χ2v) is 9.69. The number of nitrogens with one attached hydrogen (secondary N) is 1. The fourth-order valence-electron chi connectivity index (χ4n) is 5.93. The summed E-state index contributed by atoms with van der Waals surface area (Å²) < 4.78 is 51.9. The van der Waals surface area contributed by atoms with Crippen LogP contribution in [0.25, 0.3) is 10.9 Å². The maximum atomic E-state index is 13.9. The maximum absolute atomic E-state index is 13.9. The first-order chi connectivity index (χ1) is 16.2. The summed E-state index contributed by atoms with van der Waals surface area (Å²) in [7, 11) is 0. The molecule has 2 fully saturated rings. The summed E-state index contributed by atoms with van der Waals surface area (Å²) >= 11 is 0. The van der Waals surface area contributed by atoms with Gasteiger partial charge in [0.1, 0.15) is 11.5 Å². The van der Waals surface area contributed by atoms with E-state index >= 15 is 0 Å². The van der Waals surface area contributed by atoms with Crippen LogP contribution in [0.15, 0.2) is 48.8 Å². The number of nitrogens with zero attached hydrogens (tertiary/aromatic N) is 2. The topological polar surface area (TPSA) is 54.9 Å². The molecule has 0 unspecified atom stereocenters. The second kappa shape index (κ2) is 8.64. The highest BCUT2D eigenvalue weighted by atomic mass is 19.4. The highest BCUT2D eigenvalue weighted by Gasteiger charge is 2.44. The minimum atomic E-state index is -4.51. The van der Waals surface area contributed by atoms with Gasteiger partial charge in [0.05, 0.1) is 17.4 Å². The van der Waals surface area contributed by atoms with Crippen LogP contribution in [0.3, 0.4) is 0 Å². The molecule has 2 aliphatic carbocycles. The zero-order chi connectivity index (χ0) is 24.0. The molecule has 2 aliphatic rings. The molecule has 34 heavy (non-hydrogen) atoms. The first-order valence-corrected chi connectivity index (χ1v) is 11.6. The quantitative estimate of drug-likeness (QED) is 0.437. The van der Waals surface area contributed by atoms with E-state index in [0.717, 1.165) is 54.4 Å². The lowest BCUT2D eigenvalue weighted by Crippen LogP contribution is -2.26. The zero-order valence-electron chi connectivity index (χ0n) is 18.6. The second-order valence-electron chi connectivity index (χ2n) is 9.69. The first-order valence-electron chi connectivity index (χ1n) is 11.6. The van der Waals surface area contributed by atoms with Crippen LogP contribution in [0.5, 0.6) is 0 Å². The summed E-state index contributed by atoms with van der Waals surface area (Å²) in [6.07, 6.45) is 2.23. The number of carbonyl (C=O) groups is 1. The Balaban J connectivity index is 1.21. The highest BCUT2D eigenvalue weighted by molar-refractivity contribution is 5.92. The number of benzene rings is 1. The Hall–Kier alpha value is -3.03. The largest absolute Gasteiger partial charge is 0.433 e. The summed E-state index contributed by atoms with van der Waals surface area (Å²) in [5, 5.41) is 3.59. The minimum absolute atomic E-state index is 0.196. The Morgan fingerprint density at radius 1 is 1.03 bits per heavy atom. The van der Waals surface area contributed by atoms with Crippen LogP contribution < -0.4 is 5.32 Å². The van der Waals surface area contributed by atoms with Gasteiger partial charge in [-0.3, -0.25) is 9.78 Å². The highest BCUT2D eigenvalue weighted by Crippen LogP contribution is 2.54. The van der Waals surface area contributed by atoms with Gasteiger partial charge in [0, 0.05) is 17.5 Å². The van der Waals surface area contributed by atoms with Crippen molar-refractivity contribution in [2.45, 2.75) is 44.7 Å². The fourth-order valence-corrected chi connectivity index (χ4v) is 5.93. The molecule has 0 aliphatic heterocycles. The van der Waals surface area contributed by atoms with Gasteiger partial charge in [-0.15, -0.1) is 0 Å². The average molecular weight is 471 g/mol. The van der Waals surface area contributed by atoms with E-state index < -0.39 is 11.9 Å². The van der Waals surface area contributed by atoms with Gasteiger partial charge in [-0.1, -0.05) is 6.92 Å². The molecule has 1 amide bonds. The Morgan fingerprint density at radius 3 is 2.41 bits per heavy atom. The maximum Gasteiger partial charge on any atom is 0.433 e. The third-order valence-corrected chi connectivity index (χ3v) is 7.67. The monoisotopic (exact) mass is 471 g/mol. The van der Waals surface area contributed by atoms with Crippen molar-refractivity contribution in [3.05, 3.63) is 65.9 Å². The standard InChI is InChI=1S/C26H25F4N3O/c1-14(25(34)33-20-3-5-24(32-13-20)26(28,29)30)15-8-16-10-18(11-17(16)9-15)21-6-7-31-23-4-2-19(27)12-22(21)23/h2-7,12-18H,8-11H2,1H3,(H,33,34)/t14-,15-,16-,17+,18+/m1/s1. The van der Waals surface area contributed by atoms with Crippen molar-refractivity contribution in [3.63, 3.8) is 0 Å². The number of hydrogen-bond donors (Lipinski definition) is 1. The number of carbonyl (C=O) groups excluding carboxylic acids is 1. The summed E-state index contributed by atoms with van der Waals surface area (Å²) in [6, 6.07) is 8.81. The van der Waals surface area contributed by atoms with E-state index in [0.29, 0.717) is 17.8 Å². The first kappa shape index (κ1) is 22.7. The molecule has 2 aromatic heterocycles. The number of anilines is 1. The van der Waals surface area contributed by atoms with Crippen molar-refractivity contribution in [2.24, 2.45) is 23.7 Å². The molecular weight excluding hydrogens is 446 g/mol. The zero-order valence-corrected chi connectivity index (χ0v) is 18.6. The van der Waals surface area contributed by atoms with E-state index in [2.05, 4.69) is 15.3 Å². The van der Waals surface area contributed by atoms with Gasteiger partial charge in [0.25, 0.3) is 0 Å². The molecule has 2 heterocycles. The van der Waals surface area contributed by atoms with Crippen molar-refractivity contribution in [1.82, 2.24) is 9.97 Å². The van der Waals surface area contributed by atoms with E-state index in [4.69, 9.17) is 0 Å². The molecule has 1 N–H and O–H groups in total. The van der Waals surface area contributed by atoms with Crippen LogP contribution in [0, 0.1) is 29.5 Å². The Kier molecular flexibility index (Phi) is 5.78. The van der Waals surface area contributed by atoms with Crippen molar-refractivity contribution >= 4 is 22.5 Å². The van der Waals surface area contributed by atoms with Gasteiger partial charge < -0.3 is 5.32 Å². The molecule has 4 nitrogen and oxygen atoms in total. The van der Waals surface area contributed by atoms with Gasteiger partial charge in [0.2, 0.25) is 5.91 Å². The molecule has 0 bridgehead atoms. The number of pyridine rings is 2. The van der Waals surface area contributed by atoms with E-state index in [1.807, 2.05) is 13.0 Å². The van der Waals surface area contributed by atoms with Crippen LogP contribution in [-0.4, -0.2) is 15.9 Å². The predicted molar refractivity (Wildman–Crippen MR) is 120 cm³/mol. The molecule has 0 spiro atoms. The SMILES string of the molecule is C[C@@H](C(=O)Nc1ccc(C(F)(F)F)nc1)[C@H]1C[C@H]2C[C@@H](c3ccnc4ccc(F)cc34)C[C@H]2C1. The Morgan fingerprint density at radius 2 is 1.76 bits per heavy atom. The van der Waals surface area contributed by atoms with Crippen molar-refractivity contribution in [1.29, 1.82) is 0 Å². The van der Waals surface area contributed by atoms with E-state index in [1.165, 1.54) is 12.1 Å². The van der Waals surface area contributed by atoms with E-state index in [-0.39, 0.29) is 29.2 Å². The number of fused-ring (bicyclic) bond motifs is 2. The molecule has 178 valence electrons. The van der Waals surface area contributed by atoms with Gasteiger partial charge in [-0.05, 0) is 91.3 Å². The van der Waals surface area contributed by atoms with Gasteiger partial charge in [0.15, 0.2) is 0 Å². The predicted octanol–water partition coefficient (Wildman–Crippen LogP) is 6.58. The number of aromatic nitrogens is 2. The van der Waals surface area contributed by atoms with Crippen LogP contribution in [0.4, 0.5) is 23.2 Å². The van der Waals surface area contributed by atoms with Crippen LogP contribution in [-0.2, 0) is 11.0 Å². The molecule has 5 atom stereocenters. The molecule has 3 aromatic rings. The van der Waals surface area contributed by atoms with Crippen LogP contribution in [0.1, 0.15) is 49.8 Å². The molecule has 1 aromatic carbocycles. The Labute approximate surface area is 194 Å². The number of hydrogen-bond acceptors (Lipinski definition) is 3. The van der Waals surface area contributed by atoms with Crippen molar-refractivity contribution in [3.8, 4) is 0 Å². The number of alkyl halides is 3. The van der Waals surface area contributed by atoms with Gasteiger partial charge in [-0.2, -0.15) is 13.2 Å². The number of halogens is 4. The number of rotatable bonds is 4. The van der Waals surface area contributed by atoms with Crippen LogP contribution in [0.2, 0.25) is 0 Å². The molecule has 0 radical (unpaired) electrons. The molecule has 8 heteroatoms. The lowest BCUT2D eigenvalue weighted by Gasteiger charge is -2.21. The van der Waals surface area contributed by atoms with E-state index in [1.54, 1.807) is 18.3 Å². The molecule has 5 rings (SSSR count). The number of amides is 1. The molecule has 2 saturated carbocycles. The minimum Gasteiger partial charge on any atom is -0.324 e. The lowest BCUT2D eigenvalue weighted by atomic mass is 9.86. The van der Waals surface area contributed by atoms with Gasteiger partial charge in [-0.25, -0.2) is 9.37 Å². The molecule has 0 saturated heterocycles. The third kappa shape index (κ3) is 4.38. The summed E-state index contributed by atoms with van der Waals surface area (Å²) in [5.74, 6) is 0.893. The molecular formula is C26H25F4N3O. The van der Waals surface area contributed by atoms with Crippen LogP contribution >= 0.6 is 0 Å². The summed E-state index contributed by atoms with van der Waals surface area (Å²) in [5.41, 5.74) is 1.23. The fraction of sp³-hybridized carbons (Fsp3) is 0.423. The summed E-state index contributed by atoms with van der Waals surface area (Å²) in [4.78, 5) is 20.5. The third-order valence-electron chi connectivity index (χ3n) is 7.67. The summed E-state index contributed by atoms with van der Waals surface area (Å²) in [6.45, 7) is 1.88. The van der Waals surface area contributed by atoms with Crippen molar-refractivity contribution in [2.75, 3.05) is 5.32 Å². The average Bonchev–Trinajstić information content (AvgIpc) is 3.37. The Bertz CT molecular complexity index is 1200.